The third-order valence-electron chi connectivity index (χ3n) is 3.29. The van der Waals surface area contributed by atoms with Gasteiger partial charge in [-0.1, -0.05) is 0 Å². The molecule has 0 radical (unpaired) electrons. The van der Waals surface area contributed by atoms with E-state index in [2.05, 4.69) is 15.0 Å². The lowest BCUT2D eigenvalue weighted by atomic mass is 10.1. The fraction of sp³-hybridized carbons (Fsp3) is 0.583. The largest absolute Gasteiger partial charge is 0.369 e. The molecule has 0 spiro atoms. The number of rotatable bonds is 6. The van der Waals surface area contributed by atoms with Crippen LogP contribution in [0.3, 0.4) is 0 Å². The Morgan fingerprint density at radius 2 is 2.19 bits per heavy atom. The molecule has 2 N–H and O–H groups in total. The highest BCUT2D eigenvalue weighted by Gasteiger charge is 2.29. The Morgan fingerprint density at radius 3 is 2.81 bits per heavy atom. The van der Waals surface area contributed by atoms with Crippen molar-refractivity contribution in [3.63, 3.8) is 0 Å². The zero-order valence-corrected chi connectivity index (χ0v) is 13.4. The van der Waals surface area contributed by atoms with Gasteiger partial charge in [0.25, 0.3) is 0 Å². The fourth-order valence-electron chi connectivity index (χ4n) is 2.25. The number of anilines is 1. The van der Waals surface area contributed by atoms with E-state index in [9.17, 15) is 16.8 Å². The first kappa shape index (κ1) is 16.2. The predicted molar refractivity (Wildman–Crippen MR) is 80.4 cm³/mol. The van der Waals surface area contributed by atoms with Crippen molar-refractivity contribution in [2.75, 3.05) is 29.9 Å². The lowest BCUT2D eigenvalue weighted by Gasteiger charge is -2.13. The smallest absolute Gasteiger partial charge is 0.244 e. The quantitative estimate of drug-likeness (QED) is 0.772. The highest BCUT2D eigenvalue weighted by molar-refractivity contribution is 7.91. The molecule has 0 aromatic carbocycles. The molecule has 1 aromatic rings. The number of nitrogens with one attached hydrogen (secondary N) is 2. The van der Waals surface area contributed by atoms with Gasteiger partial charge >= 0.3 is 0 Å². The topological polar surface area (TPSA) is 105 Å². The average molecular weight is 333 g/mol. The van der Waals surface area contributed by atoms with Crippen molar-refractivity contribution < 1.29 is 16.8 Å². The molecule has 0 aliphatic carbocycles. The van der Waals surface area contributed by atoms with Crippen LogP contribution in [-0.4, -0.2) is 46.4 Å². The van der Waals surface area contributed by atoms with E-state index >= 15 is 0 Å². The number of nitrogens with zero attached hydrogens (tertiary/aromatic N) is 1. The van der Waals surface area contributed by atoms with Gasteiger partial charge in [-0.05, 0) is 31.4 Å². The normalized spacial score (nSPS) is 21.3. The molecular weight excluding hydrogens is 314 g/mol. The first-order chi connectivity index (χ1) is 9.84. The van der Waals surface area contributed by atoms with E-state index in [0.29, 0.717) is 18.8 Å². The van der Waals surface area contributed by atoms with Crippen LogP contribution in [0.25, 0.3) is 0 Å². The summed E-state index contributed by atoms with van der Waals surface area (Å²) in [5, 5.41) is 2.90. The molecule has 1 aromatic heterocycles. The first-order valence-electron chi connectivity index (χ1n) is 6.73. The lowest BCUT2D eigenvalue weighted by molar-refractivity contribution is 0.543. The van der Waals surface area contributed by atoms with Crippen molar-refractivity contribution in [3.05, 3.63) is 18.3 Å². The summed E-state index contributed by atoms with van der Waals surface area (Å²) in [4.78, 5) is 4.09. The summed E-state index contributed by atoms with van der Waals surface area (Å²) in [7, 11) is -6.71. The minimum Gasteiger partial charge on any atom is -0.369 e. The van der Waals surface area contributed by atoms with Gasteiger partial charge in [-0.25, -0.2) is 26.5 Å². The Morgan fingerprint density at radius 1 is 1.43 bits per heavy atom. The van der Waals surface area contributed by atoms with Gasteiger partial charge < -0.3 is 5.32 Å². The van der Waals surface area contributed by atoms with E-state index in [4.69, 9.17) is 0 Å². The molecule has 7 nitrogen and oxygen atoms in total. The van der Waals surface area contributed by atoms with E-state index in [1.807, 2.05) is 6.92 Å². The van der Waals surface area contributed by atoms with Gasteiger partial charge in [0.05, 0.1) is 11.5 Å². The van der Waals surface area contributed by atoms with Crippen LogP contribution in [-0.2, 0) is 19.9 Å². The van der Waals surface area contributed by atoms with Crippen LogP contribution in [0, 0.1) is 5.92 Å². The van der Waals surface area contributed by atoms with E-state index in [1.165, 1.54) is 12.3 Å². The summed E-state index contributed by atoms with van der Waals surface area (Å²) in [6.45, 7) is 2.53. The number of sulfonamides is 1. The van der Waals surface area contributed by atoms with Gasteiger partial charge in [-0.3, -0.25) is 0 Å². The minimum atomic E-state index is -3.71. The Balaban J connectivity index is 2.09. The molecule has 9 heteroatoms. The number of aromatic nitrogens is 1. The van der Waals surface area contributed by atoms with Gasteiger partial charge in [-0.2, -0.15) is 0 Å². The van der Waals surface area contributed by atoms with Crippen molar-refractivity contribution in [2.45, 2.75) is 18.2 Å². The monoisotopic (exact) mass is 333 g/mol. The summed E-state index contributed by atoms with van der Waals surface area (Å²) >= 11 is 0. The van der Waals surface area contributed by atoms with Gasteiger partial charge in [0.15, 0.2) is 9.84 Å². The molecule has 0 amide bonds. The third-order valence-corrected chi connectivity index (χ3v) is 6.59. The second-order valence-corrected chi connectivity index (χ2v) is 8.97. The highest BCUT2D eigenvalue weighted by Crippen LogP contribution is 2.20. The van der Waals surface area contributed by atoms with Crippen molar-refractivity contribution in [2.24, 2.45) is 5.92 Å². The van der Waals surface area contributed by atoms with Crippen molar-refractivity contribution in [1.29, 1.82) is 0 Å². The first-order valence-corrected chi connectivity index (χ1v) is 10.0. The van der Waals surface area contributed by atoms with Crippen molar-refractivity contribution in [1.82, 2.24) is 9.71 Å². The second kappa shape index (κ2) is 6.29. The molecule has 1 aliphatic heterocycles. The van der Waals surface area contributed by atoms with Crippen molar-refractivity contribution >= 4 is 25.7 Å². The van der Waals surface area contributed by atoms with Gasteiger partial charge in [-0.15, -0.1) is 0 Å². The fourth-order valence-corrected chi connectivity index (χ4v) is 5.36. The van der Waals surface area contributed by atoms with Crippen LogP contribution in [0.4, 0.5) is 5.82 Å². The Kier molecular flexibility index (Phi) is 4.84. The second-order valence-electron chi connectivity index (χ2n) is 5.00. The van der Waals surface area contributed by atoms with Crippen LogP contribution < -0.4 is 10.0 Å². The molecule has 1 fully saturated rings. The maximum Gasteiger partial charge on any atom is 0.244 e. The Hall–Kier alpha value is -1.19. The lowest BCUT2D eigenvalue weighted by Crippen LogP contribution is -2.30. The molecule has 21 heavy (non-hydrogen) atoms. The molecule has 1 unspecified atom stereocenters. The van der Waals surface area contributed by atoms with E-state index in [1.54, 1.807) is 6.07 Å². The number of hydrogen-bond acceptors (Lipinski definition) is 6. The van der Waals surface area contributed by atoms with Crippen LogP contribution in [0.2, 0.25) is 0 Å². The average Bonchev–Trinajstić information content (AvgIpc) is 2.77. The summed E-state index contributed by atoms with van der Waals surface area (Å²) in [5.41, 5.74) is 0. The predicted octanol–water partition coefficient (Wildman–Crippen LogP) is 0.226. The van der Waals surface area contributed by atoms with Crippen LogP contribution in [0.1, 0.15) is 13.3 Å². The molecule has 0 bridgehead atoms. The van der Waals surface area contributed by atoms with Crippen molar-refractivity contribution in [3.8, 4) is 0 Å². The van der Waals surface area contributed by atoms with E-state index in [-0.39, 0.29) is 28.9 Å². The maximum atomic E-state index is 12.3. The molecule has 1 aliphatic rings. The minimum absolute atomic E-state index is 0.0443. The summed E-state index contributed by atoms with van der Waals surface area (Å²) in [6, 6.07) is 3.02. The maximum absolute atomic E-state index is 12.3. The summed E-state index contributed by atoms with van der Waals surface area (Å²) in [5.74, 6) is 0.313. The number of sulfone groups is 1. The standard InChI is InChI=1S/C12H19N3O4S2/c1-2-13-12-11(4-3-6-14-12)21(18,19)15-8-10-5-7-20(16,17)9-10/h3-4,6,10,15H,2,5,7-9H2,1H3,(H,13,14). The molecule has 2 rings (SSSR count). The molecular formula is C12H19N3O4S2. The number of pyridine rings is 1. The summed E-state index contributed by atoms with van der Waals surface area (Å²) in [6.07, 6.45) is 2.01. The van der Waals surface area contributed by atoms with E-state index in [0.717, 1.165) is 0 Å². The third kappa shape index (κ3) is 4.14. The molecule has 1 saturated heterocycles. The SMILES string of the molecule is CCNc1ncccc1S(=O)(=O)NCC1CCS(=O)(=O)C1. The molecule has 118 valence electrons. The Labute approximate surface area is 125 Å². The Bertz CT molecular complexity index is 701. The van der Waals surface area contributed by atoms with Gasteiger partial charge in [0, 0.05) is 19.3 Å². The summed E-state index contributed by atoms with van der Waals surface area (Å²) < 4.78 is 49.8. The van der Waals surface area contributed by atoms with Gasteiger partial charge in [0.1, 0.15) is 10.7 Å². The van der Waals surface area contributed by atoms with Crippen LogP contribution in [0.15, 0.2) is 23.2 Å². The zero-order valence-electron chi connectivity index (χ0n) is 11.7. The molecule has 2 heterocycles. The zero-order chi connectivity index (χ0) is 15.5. The number of hydrogen-bond donors (Lipinski definition) is 2. The highest BCUT2D eigenvalue weighted by atomic mass is 32.2. The molecule has 0 saturated carbocycles. The van der Waals surface area contributed by atoms with Gasteiger partial charge in [0.2, 0.25) is 10.0 Å². The van der Waals surface area contributed by atoms with E-state index < -0.39 is 19.9 Å². The van der Waals surface area contributed by atoms with Crippen LogP contribution in [0.5, 0.6) is 0 Å². The molecule has 1 atom stereocenters. The van der Waals surface area contributed by atoms with Crippen LogP contribution >= 0.6 is 0 Å².